The summed E-state index contributed by atoms with van der Waals surface area (Å²) in [5.74, 6) is -0.344. The highest BCUT2D eigenvalue weighted by Gasteiger charge is 2.26. The number of likely N-dealkylation sites (N-methyl/N-ethyl adjacent to an activating group) is 1. The van der Waals surface area contributed by atoms with Gasteiger partial charge in [-0.25, -0.2) is 4.57 Å². The molecule has 0 aromatic heterocycles. The molecule has 2 atom stereocenters. The topological polar surface area (TPSA) is 91.3 Å². The van der Waals surface area contributed by atoms with Crippen LogP contribution < -0.4 is 0 Å². The van der Waals surface area contributed by atoms with Gasteiger partial charge in [-0.05, 0) is 51.0 Å². The molecule has 9 heteroatoms. The maximum Gasteiger partial charge on any atom is 0.472 e. The standard InChI is InChI=1S/C43H84NO7P/c1-6-8-10-12-14-16-18-20-21-22-23-24-25-27-29-31-33-35-38-48-40-42(41-50-52(46,47)49-39-37-44(3,4)5)51-43(45)36-34-32-30-28-26-19-17-15-13-11-9-7-2/h15,17,35,38,42H,6-14,16,18-34,36-37,39-41H2,1-5H3/p+1/b17-15+,38-35+/t42-/m0/s1. The van der Waals surface area contributed by atoms with E-state index in [0.29, 0.717) is 17.4 Å². The first kappa shape index (κ1) is 50.8. The normalized spacial score (nSPS) is 14.0. The zero-order valence-electron chi connectivity index (χ0n) is 34.8. The number of phosphoric ester groups is 1. The van der Waals surface area contributed by atoms with Crippen molar-refractivity contribution in [3.8, 4) is 0 Å². The first-order chi connectivity index (χ1) is 25.1. The highest BCUT2D eigenvalue weighted by Crippen LogP contribution is 2.43. The van der Waals surface area contributed by atoms with Crippen molar-refractivity contribution in [2.24, 2.45) is 0 Å². The number of ether oxygens (including phenoxy) is 2. The molecule has 0 saturated heterocycles. The number of nitrogens with zero attached hydrogens (tertiary/aromatic N) is 1. The second kappa shape index (κ2) is 36.8. The first-order valence-electron chi connectivity index (χ1n) is 21.6. The van der Waals surface area contributed by atoms with Crippen molar-refractivity contribution in [1.82, 2.24) is 0 Å². The van der Waals surface area contributed by atoms with Crippen molar-refractivity contribution in [3.05, 3.63) is 24.5 Å². The highest BCUT2D eigenvalue weighted by atomic mass is 31.2. The quantitative estimate of drug-likeness (QED) is 0.0166. The first-order valence-corrected chi connectivity index (χ1v) is 23.1. The van der Waals surface area contributed by atoms with Crippen LogP contribution in [0.4, 0.5) is 0 Å². The fourth-order valence-electron chi connectivity index (χ4n) is 5.92. The number of hydrogen-bond donors (Lipinski definition) is 1. The summed E-state index contributed by atoms with van der Waals surface area (Å²) >= 11 is 0. The monoisotopic (exact) mass is 759 g/mol. The molecule has 52 heavy (non-hydrogen) atoms. The van der Waals surface area contributed by atoms with E-state index in [-0.39, 0.29) is 25.8 Å². The van der Waals surface area contributed by atoms with Crippen LogP contribution in [0.3, 0.4) is 0 Å². The molecule has 0 rings (SSSR count). The minimum absolute atomic E-state index is 0.0477. The molecule has 0 aliphatic heterocycles. The molecule has 0 amide bonds. The summed E-state index contributed by atoms with van der Waals surface area (Å²) in [5, 5.41) is 0. The number of esters is 1. The van der Waals surface area contributed by atoms with Gasteiger partial charge in [0.05, 0.1) is 34.0 Å². The smallest absolute Gasteiger partial charge is 0.472 e. The van der Waals surface area contributed by atoms with Crippen molar-refractivity contribution in [3.63, 3.8) is 0 Å². The molecule has 0 aromatic carbocycles. The Morgan fingerprint density at radius 2 is 1.02 bits per heavy atom. The van der Waals surface area contributed by atoms with Crippen molar-refractivity contribution >= 4 is 13.8 Å². The largest absolute Gasteiger partial charge is 0.498 e. The van der Waals surface area contributed by atoms with Crippen molar-refractivity contribution in [2.75, 3.05) is 47.5 Å². The number of carbonyl (C=O) groups excluding carboxylic acids is 1. The minimum atomic E-state index is -4.29. The van der Waals surface area contributed by atoms with Gasteiger partial charge in [-0.3, -0.25) is 13.8 Å². The highest BCUT2D eigenvalue weighted by molar-refractivity contribution is 7.47. The van der Waals surface area contributed by atoms with Crippen molar-refractivity contribution in [1.29, 1.82) is 0 Å². The maximum absolute atomic E-state index is 12.6. The summed E-state index contributed by atoms with van der Waals surface area (Å²) in [6.45, 7) is 4.91. The van der Waals surface area contributed by atoms with Crippen LogP contribution in [-0.2, 0) is 27.9 Å². The number of carbonyl (C=O) groups is 1. The Bertz CT molecular complexity index is 889. The van der Waals surface area contributed by atoms with Gasteiger partial charge in [0.1, 0.15) is 19.8 Å². The molecule has 0 heterocycles. The summed E-state index contributed by atoms with van der Waals surface area (Å²) in [4.78, 5) is 22.8. The lowest BCUT2D eigenvalue weighted by Gasteiger charge is -2.24. The van der Waals surface area contributed by atoms with Crippen LogP contribution in [0.25, 0.3) is 0 Å². The number of phosphoric acid groups is 1. The van der Waals surface area contributed by atoms with E-state index in [4.69, 9.17) is 18.5 Å². The molecule has 0 radical (unpaired) electrons. The number of hydrogen-bond acceptors (Lipinski definition) is 6. The Morgan fingerprint density at radius 3 is 1.52 bits per heavy atom. The number of unbranched alkanes of at least 4 members (excludes halogenated alkanes) is 24. The van der Waals surface area contributed by atoms with Gasteiger partial charge < -0.3 is 18.9 Å². The van der Waals surface area contributed by atoms with Gasteiger partial charge in [0.15, 0.2) is 6.10 Å². The van der Waals surface area contributed by atoms with Crippen LogP contribution in [0, 0.1) is 0 Å². The summed E-state index contributed by atoms with van der Waals surface area (Å²) < 4.78 is 34.7. The van der Waals surface area contributed by atoms with Crippen molar-refractivity contribution < 1.29 is 37.3 Å². The van der Waals surface area contributed by atoms with Gasteiger partial charge >= 0.3 is 13.8 Å². The van der Waals surface area contributed by atoms with Crippen LogP contribution >= 0.6 is 7.82 Å². The van der Waals surface area contributed by atoms with Crippen LogP contribution in [0.5, 0.6) is 0 Å². The molecular weight excluding hydrogens is 673 g/mol. The fraction of sp³-hybridized carbons (Fsp3) is 0.884. The Balaban J connectivity index is 4.25. The van der Waals surface area contributed by atoms with E-state index in [9.17, 15) is 14.3 Å². The third-order valence-electron chi connectivity index (χ3n) is 9.33. The molecule has 0 aromatic rings. The average Bonchev–Trinajstić information content (AvgIpc) is 3.09. The molecule has 308 valence electrons. The maximum atomic E-state index is 12.6. The average molecular weight is 759 g/mol. The predicted octanol–water partition coefficient (Wildman–Crippen LogP) is 12.8. The van der Waals surface area contributed by atoms with E-state index in [1.54, 1.807) is 6.26 Å². The molecule has 0 aliphatic rings. The molecule has 0 spiro atoms. The van der Waals surface area contributed by atoms with E-state index in [1.807, 2.05) is 27.2 Å². The van der Waals surface area contributed by atoms with Gasteiger partial charge in [-0.1, -0.05) is 154 Å². The third-order valence-corrected chi connectivity index (χ3v) is 10.3. The lowest BCUT2D eigenvalue weighted by atomic mass is 10.0. The molecule has 8 nitrogen and oxygen atoms in total. The Labute approximate surface area is 322 Å². The van der Waals surface area contributed by atoms with Gasteiger partial charge in [0.25, 0.3) is 0 Å². The van der Waals surface area contributed by atoms with Crippen LogP contribution in [0.1, 0.15) is 194 Å². The number of quaternary nitrogens is 1. The zero-order chi connectivity index (χ0) is 38.4. The number of allylic oxidation sites excluding steroid dienone is 3. The minimum Gasteiger partial charge on any atom is -0.498 e. The van der Waals surface area contributed by atoms with E-state index in [2.05, 4.69) is 26.0 Å². The van der Waals surface area contributed by atoms with E-state index < -0.39 is 13.9 Å². The SMILES string of the molecule is CCCCC/C=C/CCCCCCCC(=O)O[C@@H](CO/C=C/CCCCCCCCCCCCCCCCCC)COP(=O)(O)OCC[N+](C)(C)C. The molecule has 0 fully saturated rings. The summed E-state index contributed by atoms with van der Waals surface area (Å²) in [6.07, 6.45) is 41.6. The molecular formula is C43H85NO7P+. The second-order valence-electron chi connectivity index (χ2n) is 15.8. The molecule has 0 aliphatic carbocycles. The van der Waals surface area contributed by atoms with Crippen LogP contribution in [0.15, 0.2) is 24.5 Å². The van der Waals surface area contributed by atoms with Crippen molar-refractivity contribution in [2.45, 2.75) is 200 Å². The lowest BCUT2D eigenvalue weighted by Crippen LogP contribution is -2.37. The van der Waals surface area contributed by atoms with Gasteiger partial charge in [0, 0.05) is 6.42 Å². The van der Waals surface area contributed by atoms with Gasteiger partial charge in [0.2, 0.25) is 0 Å². The second-order valence-corrected chi connectivity index (χ2v) is 17.2. The number of rotatable bonds is 40. The van der Waals surface area contributed by atoms with E-state index in [0.717, 1.165) is 44.9 Å². The van der Waals surface area contributed by atoms with Gasteiger partial charge in [-0.15, -0.1) is 0 Å². The van der Waals surface area contributed by atoms with Gasteiger partial charge in [-0.2, -0.15) is 0 Å². The van der Waals surface area contributed by atoms with E-state index in [1.165, 1.54) is 128 Å². The molecule has 0 saturated carbocycles. The summed E-state index contributed by atoms with van der Waals surface area (Å²) in [5.41, 5.74) is 0. The Kier molecular flexibility index (Phi) is 35.9. The molecule has 0 bridgehead atoms. The summed E-state index contributed by atoms with van der Waals surface area (Å²) in [7, 11) is 1.63. The van der Waals surface area contributed by atoms with Crippen LogP contribution in [-0.4, -0.2) is 69.0 Å². The predicted molar refractivity (Wildman–Crippen MR) is 219 cm³/mol. The zero-order valence-corrected chi connectivity index (χ0v) is 35.7. The Morgan fingerprint density at radius 1 is 0.596 bits per heavy atom. The third kappa shape index (κ3) is 40.0. The molecule has 1 unspecified atom stereocenters. The summed E-state index contributed by atoms with van der Waals surface area (Å²) in [6, 6.07) is 0. The Hall–Kier alpha value is -1.18. The molecule has 1 N–H and O–H groups in total. The van der Waals surface area contributed by atoms with E-state index >= 15 is 0 Å². The fourth-order valence-corrected chi connectivity index (χ4v) is 6.67. The lowest BCUT2D eigenvalue weighted by molar-refractivity contribution is -0.870. The van der Waals surface area contributed by atoms with Crippen LogP contribution in [0.2, 0.25) is 0 Å².